The largest absolute Gasteiger partial charge is 0.376 e. The summed E-state index contributed by atoms with van der Waals surface area (Å²) in [6, 6.07) is -0.237. The van der Waals surface area contributed by atoms with E-state index in [9.17, 15) is 4.79 Å². The Balaban J connectivity index is 1.31. The first-order valence-corrected chi connectivity index (χ1v) is 9.04. The van der Waals surface area contributed by atoms with Crippen LogP contribution in [-0.2, 0) is 4.74 Å². The van der Waals surface area contributed by atoms with Crippen molar-refractivity contribution in [1.29, 1.82) is 0 Å². The quantitative estimate of drug-likeness (QED) is 0.788. The van der Waals surface area contributed by atoms with Crippen molar-refractivity contribution in [2.75, 3.05) is 18.5 Å². The molecule has 0 spiro atoms. The van der Waals surface area contributed by atoms with Crippen LogP contribution in [0.5, 0.6) is 0 Å². The number of amides is 2. The number of nitrogens with zero attached hydrogens (tertiary/aromatic N) is 2. The molecule has 1 aromatic heterocycles. The molecule has 0 radical (unpaired) electrons. The average molecular weight is 324 g/mol. The third-order valence-electron chi connectivity index (χ3n) is 4.34. The molecule has 2 fully saturated rings. The third kappa shape index (κ3) is 4.39. The van der Waals surface area contributed by atoms with E-state index in [1.807, 2.05) is 0 Å². The molecule has 0 bridgehead atoms. The zero-order chi connectivity index (χ0) is 15.4. The van der Waals surface area contributed by atoms with Gasteiger partial charge < -0.3 is 10.1 Å². The van der Waals surface area contributed by atoms with E-state index in [-0.39, 0.29) is 6.03 Å². The Labute approximate surface area is 135 Å². The maximum Gasteiger partial charge on any atom is 0.321 e. The molecule has 2 aliphatic rings. The van der Waals surface area contributed by atoms with Crippen molar-refractivity contribution in [3.8, 4) is 0 Å². The van der Waals surface area contributed by atoms with Crippen LogP contribution < -0.4 is 10.6 Å². The lowest BCUT2D eigenvalue weighted by atomic mass is 9.88. The predicted octanol–water partition coefficient (Wildman–Crippen LogP) is 3.13. The fraction of sp³-hybridized carbons (Fsp3) is 0.800. The van der Waals surface area contributed by atoms with Gasteiger partial charge in [0.15, 0.2) is 0 Å². The Kier molecular flexibility index (Phi) is 5.25. The Morgan fingerprint density at radius 1 is 1.27 bits per heavy atom. The smallest absolute Gasteiger partial charge is 0.321 e. The van der Waals surface area contributed by atoms with Crippen LogP contribution in [0.15, 0.2) is 0 Å². The molecular weight excluding hydrogens is 300 g/mol. The van der Waals surface area contributed by atoms with Crippen molar-refractivity contribution >= 4 is 22.5 Å². The fourth-order valence-electron chi connectivity index (χ4n) is 2.83. The second-order valence-corrected chi connectivity index (χ2v) is 7.28. The SMILES string of the molecule is C[C@H]1CCCC[C@H]1OCCNC(=O)Nc1nnc(C2CC2)s1. The summed E-state index contributed by atoms with van der Waals surface area (Å²) in [7, 11) is 0. The number of nitrogens with one attached hydrogen (secondary N) is 2. The van der Waals surface area contributed by atoms with Crippen LogP contribution in [0.1, 0.15) is 56.4 Å². The first-order valence-electron chi connectivity index (χ1n) is 8.22. The number of aromatic nitrogens is 2. The maximum absolute atomic E-state index is 11.8. The highest BCUT2D eigenvalue weighted by Crippen LogP contribution is 2.41. The summed E-state index contributed by atoms with van der Waals surface area (Å²) in [6.07, 6.45) is 7.69. The number of carbonyl (C=O) groups excluding carboxylic acids is 1. The number of hydrogen-bond donors (Lipinski definition) is 2. The lowest BCUT2D eigenvalue weighted by Gasteiger charge is -2.28. The summed E-state index contributed by atoms with van der Waals surface area (Å²) < 4.78 is 5.87. The first-order chi connectivity index (χ1) is 10.7. The highest BCUT2D eigenvalue weighted by atomic mass is 32.1. The molecule has 1 aromatic rings. The Morgan fingerprint density at radius 2 is 2.09 bits per heavy atom. The molecule has 6 nitrogen and oxygen atoms in total. The van der Waals surface area contributed by atoms with Gasteiger partial charge in [0.2, 0.25) is 5.13 Å². The van der Waals surface area contributed by atoms with Crippen molar-refractivity contribution in [2.45, 2.75) is 57.5 Å². The lowest BCUT2D eigenvalue weighted by molar-refractivity contribution is -0.00232. The van der Waals surface area contributed by atoms with E-state index in [2.05, 4.69) is 27.8 Å². The predicted molar refractivity (Wildman–Crippen MR) is 86.3 cm³/mol. The Hall–Kier alpha value is -1.21. The second-order valence-electron chi connectivity index (χ2n) is 6.27. The number of hydrogen-bond acceptors (Lipinski definition) is 5. The van der Waals surface area contributed by atoms with Crippen LogP contribution in [0, 0.1) is 5.92 Å². The van der Waals surface area contributed by atoms with Crippen LogP contribution in [0.25, 0.3) is 0 Å². The topological polar surface area (TPSA) is 76.1 Å². The molecule has 2 aliphatic carbocycles. The van der Waals surface area contributed by atoms with E-state index in [1.165, 1.54) is 43.4 Å². The molecule has 2 atom stereocenters. The van der Waals surface area contributed by atoms with E-state index in [0.717, 1.165) is 11.4 Å². The molecule has 2 saturated carbocycles. The second kappa shape index (κ2) is 7.37. The summed E-state index contributed by atoms with van der Waals surface area (Å²) in [5.41, 5.74) is 0. The summed E-state index contributed by atoms with van der Waals surface area (Å²) >= 11 is 1.47. The molecule has 22 heavy (non-hydrogen) atoms. The highest BCUT2D eigenvalue weighted by Gasteiger charge is 2.27. The van der Waals surface area contributed by atoms with Crippen LogP contribution in [0.4, 0.5) is 9.93 Å². The normalized spacial score (nSPS) is 25.0. The maximum atomic E-state index is 11.8. The minimum absolute atomic E-state index is 0.237. The zero-order valence-corrected chi connectivity index (χ0v) is 13.8. The summed E-state index contributed by atoms with van der Waals surface area (Å²) in [5, 5.41) is 15.2. The van der Waals surface area contributed by atoms with Gasteiger partial charge in [0, 0.05) is 12.5 Å². The Morgan fingerprint density at radius 3 is 2.86 bits per heavy atom. The monoisotopic (exact) mass is 324 g/mol. The van der Waals surface area contributed by atoms with Crippen LogP contribution in [0.3, 0.4) is 0 Å². The minimum atomic E-state index is -0.237. The van der Waals surface area contributed by atoms with Gasteiger partial charge in [-0.1, -0.05) is 31.1 Å². The number of anilines is 1. The molecule has 0 aromatic carbocycles. The number of carbonyl (C=O) groups is 1. The molecule has 0 saturated heterocycles. The lowest BCUT2D eigenvalue weighted by Crippen LogP contribution is -2.34. The molecule has 7 heteroatoms. The van der Waals surface area contributed by atoms with Crippen molar-refractivity contribution in [2.24, 2.45) is 5.92 Å². The molecule has 2 amide bonds. The van der Waals surface area contributed by atoms with Gasteiger partial charge in [0.25, 0.3) is 0 Å². The van der Waals surface area contributed by atoms with Crippen molar-refractivity contribution in [1.82, 2.24) is 15.5 Å². The molecule has 1 heterocycles. The highest BCUT2D eigenvalue weighted by molar-refractivity contribution is 7.15. The van der Waals surface area contributed by atoms with E-state index in [1.54, 1.807) is 0 Å². The summed E-state index contributed by atoms with van der Waals surface area (Å²) in [4.78, 5) is 11.8. The van der Waals surface area contributed by atoms with Crippen LogP contribution in [0.2, 0.25) is 0 Å². The van der Waals surface area contributed by atoms with E-state index >= 15 is 0 Å². The number of rotatable bonds is 6. The third-order valence-corrected chi connectivity index (χ3v) is 5.34. The molecule has 2 N–H and O–H groups in total. The average Bonchev–Trinajstić information content (AvgIpc) is 3.26. The number of urea groups is 1. The molecular formula is C15H24N4O2S. The molecule has 0 unspecified atom stereocenters. The van der Waals surface area contributed by atoms with Gasteiger partial charge >= 0.3 is 6.03 Å². The van der Waals surface area contributed by atoms with Gasteiger partial charge in [-0.05, 0) is 31.6 Å². The molecule has 3 rings (SSSR count). The van der Waals surface area contributed by atoms with Gasteiger partial charge in [-0.25, -0.2) is 4.79 Å². The summed E-state index contributed by atoms with van der Waals surface area (Å²) in [6.45, 7) is 3.33. The van der Waals surface area contributed by atoms with Gasteiger partial charge in [-0.2, -0.15) is 0 Å². The van der Waals surface area contributed by atoms with Gasteiger partial charge in [0.1, 0.15) is 5.01 Å². The van der Waals surface area contributed by atoms with E-state index in [0.29, 0.717) is 36.2 Å². The van der Waals surface area contributed by atoms with Gasteiger partial charge in [-0.15, -0.1) is 10.2 Å². The van der Waals surface area contributed by atoms with E-state index < -0.39 is 0 Å². The zero-order valence-electron chi connectivity index (χ0n) is 13.0. The minimum Gasteiger partial charge on any atom is -0.376 e. The van der Waals surface area contributed by atoms with E-state index in [4.69, 9.17) is 4.74 Å². The fourth-order valence-corrected chi connectivity index (χ4v) is 3.73. The van der Waals surface area contributed by atoms with Gasteiger partial charge in [0.05, 0.1) is 12.7 Å². The summed E-state index contributed by atoms with van der Waals surface area (Å²) in [5.74, 6) is 1.20. The van der Waals surface area contributed by atoms with Crippen LogP contribution in [-0.4, -0.2) is 35.5 Å². The standard InChI is InChI=1S/C15H24N4O2S/c1-10-4-2-3-5-12(10)21-9-8-16-14(20)17-15-19-18-13(22-15)11-6-7-11/h10-12H,2-9H2,1H3,(H2,16,17,19,20)/t10-,12+/m0/s1. The molecule has 122 valence electrons. The van der Waals surface area contributed by atoms with Crippen molar-refractivity contribution < 1.29 is 9.53 Å². The van der Waals surface area contributed by atoms with Crippen LogP contribution >= 0.6 is 11.3 Å². The van der Waals surface area contributed by atoms with Crippen molar-refractivity contribution in [3.63, 3.8) is 0 Å². The first kappa shape index (κ1) is 15.7. The van der Waals surface area contributed by atoms with Gasteiger partial charge in [-0.3, -0.25) is 5.32 Å². The Bertz CT molecular complexity index is 503. The van der Waals surface area contributed by atoms with Crippen molar-refractivity contribution in [3.05, 3.63) is 5.01 Å². The number of ether oxygens (including phenoxy) is 1. The molecule has 0 aliphatic heterocycles.